The third-order valence-corrected chi connectivity index (χ3v) is 5.32. The molecular formula is C21H26O7. The number of phenols is 2. The van der Waals surface area contributed by atoms with Crippen LogP contribution in [0.2, 0.25) is 0 Å². The van der Waals surface area contributed by atoms with Crippen molar-refractivity contribution in [2.24, 2.45) is 5.92 Å². The summed E-state index contributed by atoms with van der Waals surface area (Å²) in [5, 5.41) is 40.6. The highest BCUT2D eigenvalue weighted by Gasteiger charge is 2.48. The van der Waals surface area contributed by atoms with Gasteiger partial charge in [-0.1, -0.05) is 12.1 Å². The average molecular weight is 390 g/mol. The topological polar surface area (TPSA) is 109 Å². The number of rotatable bonds is 7. The second-order valence-electron chi connectivity index (χ2n) is 7.14. The maximum atomic E-state index is 11.2. The summed E-state index contributed by atoms with van der Waals surface area (Å²) in [6.45, 7) is -0.146. The Balaban J connectivity index is 1.77. The van der Waals surface area contributed by atoms with Gasteiger partial charge in [0.05, 0.1) is 39.1 Å². The number of hydrogen-bond donors (Lipinski definition) is 4. The molecule has 1 fully saturated rings. The molecule has 3 atom stereocenters. The summed E-state index contributed by atoms with van der Waals surface area (Å²) in [6.07, 6.45) is 0.330. The average Bonchev–Trinajstić information content (AvgIpc) is 2.99. The van der Waals surface area contributed by atoms with Crippen molar-refractivity contribution in [1.29, 1.82) is 0 Å². The summed E-state index contributed by atoms with van der Waals surface area (Å²) in [5.74, 6) is 0.275. The quantitative estimate of drug-likeness (QED) is 0.569. The molecule has 28 heavy (non-hydrogen) atoms. The third kappa shape index (κ3) is 4.01. The summed E-state index contributed by atoms with van der Waals surface area (Å²) < 4.78 is 16.1. The minimum Gasteiger partial charge on any atom is -0.504 e. The van der Waals surface area contributed by atoms with Crippen LogP contribution in [0.3, 0.4) is 0 Å². The number of methoxy groups -OCH3 is 2. The predicted molar refractivity (Wildman–Crippen MR) is 102 cm³/mol. The van der Waals surface area contributed by atoms with Crippen LogP contribution in [-0.4, -0.2) is 59.6 Å². The Labute approximate surface area is 163 Å². The maximum Gasteiger partial charge on any atom is 0.160 e. The van der Waals surface area contributed by atoms with Crippen molar-refractivity contribution in [2.45, 2.75) is 24.5 Å². The van der Waals surface area contributed by atoms with Crippen LogP contribution in [0.4, 0.5) is 0 Å². The highest BCUT2D eigenvalue weighted by atomic mass is 16.5. The van der Waals surface area contributed by atoms with Gasteiger partial charge in [0.15, 0.2) is 23.0 Å². The normalized spacial score (nSPS) is 24.3. The first-order chi connectivity index (χ1) is 13.4. The summed E-state index contributed by atoms with van der Waals surface area (Å²) in [4.78, 5) is 0. The van der Waals surface area contributed by atoms with Gasteiger partial charge in [-0.25, -0.2) is 0 Å². The van der Waals surface area contributed by atoms with E-state index in [0.717, 1.165) is 11.1 Å². The van der Waals surface area contributed by atoms with E-state index in [1.807, 2.05) is 0 Å². The lowest BCUT2D eigenvalue weighted by molar-refractivity contribution is -0.0149. The van der Waals surface area contributed by atoms with Crippen LogP contribution >= 0.6 is 0 Å². The van der Waals surface area contributed by atoms with E-state index >= 15 is 0 Å². The SMILES string of the molecule is COc1cc(C[C@H]2OC[C@](O)(Cc3ccc(O)c(OC)c3)[C@@H]2CO)ccc1O. The minimum atomic E-state index is -1.25. The van der Waals surface area contributed by atoms with E-state index in [2.05, 4.69) is 0 Å². The molecule has 4 N–H and O–H groups in total. The fourth-order valence-electron chi connectivity index (χ4n) is 3.76. The zero-order valence-electron chi connectivity index (χ0n) is 16.0. The van der Waals surface area contributed by atoms with Crippen LogP contribution in [0.15, 0.2) is 36.4 Å². The van der Waals surface area contributed by atoms with Gasteiger partial charge < -0.3 is 34.6 Å². The molecule has 0 amide bonds. The molecule has 1 saturated heterocycles. The van der Waals surface area contributed by atoms with E-state index in [1.54, 1.807) is 30.3 Å². The molecule has 7 nitrogen and oxygen atoms in total. The second kappa shape index (κ2) is 8.26. The van der Waals surface area contributed by atoms with Gasteiger partial charge in [-0.05, 0) is 41.8 Å². The zero-order valence-corrected chi connectivity index (χ0v) is 16.0. The Hall–Kier alpha value is -2.48. The highest BCUT2D eigenvalue weighted by Crippen LogP contribution is 2.38. The lowest BCUT2D eigenvalue weighted by Gasteiger charge is -2.29. The highest BCUT2D eigenvalue weighted by molar-refractivity contribution is 5.43. The van der Waals surface area contributed by atoms with Gasteiger partial charge in [0, 0.05) is 12.3 Å². The van der Waals surface area contributed by atoms with Crippen molar-refractivity contribution in [3.05, 3.63) is 47.5 Å². The number of benzene rings is 2. The van der Waals surface area contributed by atoms with Crippen molar-refractivity contribution < 1.29 is 34.6 Å². The van der Waals surface area contributed by atoms with E-state index in [0.29, 0.717) is 17.9 Å². The van der Waals surface area contributed by atoms with Crippen molar-refractivity contribution in [3.8, 4) is 23.0 Å². The summed E-state index contributed by atoms with van der Waals surface area (Å²) in [5.41, 5.74) is 0.391. The number of aromatic hydroxyl groups is 2. The Kier molecular flexibility index (Phi) is 5.98. The molecule has 1 aliphatic heterocycles. The van der Waals surface area contributed by atoms with Gasteiger partial charge in [0.2, 0.25) is 0 Å². The zero-order chi connectivity index (χ0) is 20.3. The number of aliphatic hydroxyl groups excluding tert-OH is 1. The molecule has 2 aromatic rings. The molecule has 7 heteroatoms. The van der Waals surface area contributed by atoms with Crippen molar-refractivity contribution in [2.75, 3.05) is 27.4 Å². The lowest BCUT2D eigenvalue weighted by Crippen LogP contribution is -2.43. The molecule has 3 rings (SSSR count). The molecule has 1 aliphatic rings. The van der Waals surface area contributed by atoms with Crippen LogP contribution in [0, 0.1) is 5.92 Å². The summed E-state index contributed by atoms with van der Waals surface area (Å²) >= 11 is 0. The van der Waals surface area contributed by atoms with E-state index in [4.69, 9.17) is 14.2 Å². The van der Waals surface area contributed by atoms with E-state index in [9.17, 15) is 20.4 Å². The smallest absolute Gasteiger partial charge is 0.160 e. The van der Waals surface area contributed by atoms with Gasteiger partial charge in [0.25, 0.3) is 0 Å². The minimum absolute atomic E-state index is 0.0266. The molecule has 0 bridgehead atoms. The number of hydrogen-bond acceptors (Lipinski definition) is 7. The molecule has 0 radical (unpaired) electrons. The Bertz CT molecular complexity index is 822. The number of phenolic OH excluding ortho intramolecular Hbond substituents is 2. The largest absolute Gasteiger partial charge is 0.504 e. The van der Waals surface area contributed by atoms with Gasteiger partial charge in [-0.2, -0.15) is 0 Å². The summed E-state index contributed by atoms with van der Waals surface area (Å²) in [7, 11) is 2.94. The van der Waals surface area contributed by atoms with Gasteiger partial charge in [-0.3, -0.25) is 0 Å². The first-order valence-corrected chi connectivity index (χ1v) is 9.06. The van der Waals surface area contributed by atoms with Gasteiger partial charge in [0.1, 0.15) is 0 Å². The van der Waals surface area contributed by atoms with Crippen molar-refractivity contribution in [1.82, 2.24) is 0 Å². The van der Waals surface area contributed by atoms with Crippen LogP contribution in [0.5, 0.6) is 23.0 Å². The number of aliphatic hydroxyl groups is 2. The van der Waals surface area contributed by atoms with E-state index < -0.39 is 11.5 Å². The molecule has 152 valence electrons. The predicted octanol–water partition coefficient (Wildman–Crippen LogP) is 1.64. The van der Waals surface area contributed by atoms with Crippen molar-refractivity contribution in [3.63, 3.8) is 0 Å². The molecule has 0 aliphatic carbocycles. The first kappa shape index (κ1) is 20.3. The maximum absolute atomic E-state index is 11.2. The van der Waals surface area contributed by atoms with Crippen LogP contribution in [0.1, 0.15) is 11.1 Å². The molecule has 0 aromatic heterocycles. The fraction of sp³-hybridized carbons (Fsp3) is 0.429. The van der Waals surface area contributed by atoms with Crippen LogP contribution in [0.25, 0.3) is 0 Å². The Morgan fingerprint density at radius 1 is 1.00 bits per heavy atom. The van der Waals surface area contributed by atoms with Crippen LogP contribution in [-0.2, 0) is 17.6 Å². The molecular weight excluding hydrogens is 364 g/mol. The van der Waals surface area contributed by atoms with Gasteiger partial charge >= 0.3 is 0 Å². The monoisotopic (exact) mass is 390 g/mol. The van der Waals surface area contributed by atoms with Gasteiger partial charge in [-0.15, -0.1) is 0 Å². The second-order valence-corrected chi connectivity index (χ2v) is 7.14. The summed E-state index contributed by atoms with van der Waals surface area (Å²) in [6, 6.07) is 9.92. The fourth-order valence-corrected chi connectivity index (χ4v) is 3.76. The number of ether oxygens (including phenoxy) is 3. The lowest BCUT2D eigenvalue weighted by atomic mass is 9.80. The molecule has 0 saturated carbocycles. The molecule has 0 unspecified atom stereocenters. The molecule has 2 aromatic carbocycles. The molecule has 0 spiro atoms. The first-order valence-electron chi connectivity index (χ1n) is 9.06. The van der Waals surface area contributed by atoms with Crippen LogP contribution < -0.4 is 9.47 Å². The van der Waals surface area contributed by atoms with Crippen molar-refractivity contribution >= 4 is 0 Å². The third-order valence-electron chi connectivity index (χ3n) is 5.32. The molecule has 1 heterocycles. The Morgan fingerprint density at radius 2 is 1.57 bits per heavy atom. The Morgan fingerprint density at radius 3 is 2.14 bits per heavy atom. The van der Waals surface area contributed by atoms with E-state index in [-0.39, 0.29) is 37.2 Å². The standard InChI is InChI=1S/C21H26O7/c1-26-19-8-13(3-5-16(19)23)7-18-15(11-22)21(25,12-28-18)10-14-4-6-17(24)20(9-14)27-2/h3-6,8-9,15,18,22-25H,7,10-12H2,1-2H3/t15-,18-,21-/m1/s1. The van der Waals surface area contributed by atoms with E-state index in [1.165, 1.54) is 20.3 Å².